The van der Waals surface area contributed by atoms with Crippen LogP contribution in [0.5, 0.6) is 0 Å². The first-order valence-corrected chi connectivity index (χ1v) is 8.74. The van der Waals surface area contributed by atoms with Crippen LogP contribution in [-0.4, -0.2) is 59.5 Å². The molecule has 1 amide bonds. The van der Waals surface area contributed by atoms with Gasteiger partial charge in [0.2, 0.25) is 5.91 Å². The molecule has 0 aliphatic rings. The summed E-state index contributed by atoms with van der Waals surface area (Å²) < 4.78 is 11.4. The predicted molar refractivity (Wildman–Crippen MR) is 102 cm³/mol. The fourth-order valence-electron chi connectivity index (χ4n) is 3.19. The van der Waals surface area contributed by atoms with Crippen molar-refractivity contribution < 1.29 is 23.9 Å². The number of carbonyl (C=O) groups excluding carboxylic acids is 3. The summed E-state index contributed by atoms with van der Waals surface area (Å²) in [6, 6.07) is 3.60. The third-order valence-corrected chi connectivity index (χ3v) is 4.64. The molecule has 0 saturated carbocycles. The van der Waals surface area contributed by atoms with Crippen molar-refractivity contribution in [3.05, 3.63) is 52.6 Å². The second-order valence-electron chi connectivity index (χ2n) is 6.45. The maximum Gasteiger partial charge on any atom is 0.354 e. The van der Waals surface area contributed by atoms with Crippen molar-refractivity contribution in [3.63, 3.8) is 0 Å². The molecule has 0 N–H and O–H groups in total. The Balaban J connectivity index is 2.33. The molecule has 150 valence electrons. The van der Waals surface area contributed by atoms with Gasteiger partial charge in [-0.1, -0.05) is 6.07 Å². The Labute approximate surface area is 164 Å². The number of rotatable bonds is 8. The number of hydrogen-bond donors (Lipinski definition) is 0. The zero-order valence-electron chi connectivity index (χ0n) is 16.8. The van der Waals surface area contributed by atoms with Crippen LogP contribution in [0.3, 0.4) is 0 Å². The Morgan fingerprint density at radius 2 is 1.93 bits per heavy atom. The molecule has 0 aliphatic heterocycles. The quantitative estimate of drug-likeness (QED) is 0.506. The number of Topliss-reactive ketones (excluding diaryl/α,β-unsaturated/α-hetero) is 1. The minimum atomic E-state index is -0.509. The summed E-state index contributed by atoms with van der Waals surface area (Å²) in [5.41, 5.74) is 2.73. The van der Waals surface area contributed by atoms with Crippen molar-refractivity contribution >= 4 is 17.7 Å². The molecule has 8 nitrogen and oxygen atoms in total. The molecule has 0 spiro atoms. The van der Waals surface area contributed by atoms with Gasteiger partial charge in [-0.3, -0.25) is 14.6 Å². The van der Waals surface area contributed by atoms with E-state index in [1.54, 1.807) is 43.9 Å². The van der Waals surface area contributed by atoms with Crippen LogP contribution in [0.1, 0.15) is 37.7 Å². The number of methoxy groups -OCH3 is 2. The van der Waals surface area contributed by atoms with Crippen LogP contribution in [0, 0.1) is 13.8 Å². The van der Waals surface area contributed by atoms with Gasteiger partial charge in [0, 0.05) is 44.4 Å². The molecule has 0 bridgehead atoms. The van der Waals surface area contributed by atoms with Gasteiger partial charge < -0.3 is 18.9 Å². The zero-order chi connectivity index (χ0) is 20.8. The summed E-state index contributed by atoms with van der Waals surface area (Å²) in [4.78, 5) is 43.0. The van der Waals surface area contributed by atoms with Crippen LogP contribution in [0.4, 0.5) is 0 Å². The lowest BCUT2D eigenvalue weighted by molar-refractivity contribution is -0.135. The lowest BCUT2D eigenvalue weighted by Gasteiger charge is -2.22. The van der Waals surface area contributed by atoms with Crippen molar-refractivity contribution in [1.29, 1.82) is 0 Å². The molecule has 0 atom stereocenters. The normalized spacial score (nSPS) is 10.6. The van der Waals surface area contributed by atoms with E-state index in [1.165, 1.54) is 19.1 Å². The summed E-state index contributed by atoms with van der Waals surface area (Å²) in [5.74, 6) is -1.07. The standard InChI is InChI=1S/C20H25N3O5/c1-13-18(14(2)22(3)19(13)20(26)28-5)16(24)11-23(17(25)12-27-4)10-15-7-6-8-21-9-15/h6-9H,10-12H2,1-5H3. The van der Waals surface area contributed by atoms with E-state index in [2.05, 4.69) is 4.98 Å². The molecule has 0 radical (unpaired) electrons. The van der Waals surface area contributed by atoms with Crippen molar-refractivity contribution in [1.82, 2.24) is 14.5 Å². The van der Waals surface area contributed by atoms with Crippen molar-refractivity contribution in [2.45, 2.75) is 20.4 Å². The van der Waals surface area contributed by atoms with Gasteiger partial charge in [-0.2, -0.15) is 0 Å². The summed E-state index contributed by atoms with van der Waals surface area (Å²) >= 11 is 0. The third-order valence-electron chi connectivity index (χ3n) is 4.64. The monoisotopic (exact) mass is 387 g/mol. The Morgan fingerprint density at radius 1 is 1.21 bits per heavy atom. The third kappa shape index (κ3) is 4.45. The average Bonchev–Trinajstić information content (AvgIpc) is 2.90. The minimum Gasteiger partial charge on any atom is -0.464 e. The van der Waals surface area contributed by atoms with Crippen molar-refractivity contribution in [2.24, 2.45) is 7.05 Å². The predicted octanol–water partition coefficient (Wildman–Crippen LogP) is 1.68. The van der Waals surface area contributed by atoms with E-state index >= 15 is 0 Å². The number of hydrogen-bond acceptors (Lipinski definition) is 6. The highest BCUT2D eigenvalue weighted by molar-refractivity contribution is 6.04. The molecule has 0 aromatic carbocycles. The fraction of sp³-hybridized carbons (Fsp3) is 0.400. The first-order chi connectivity index (χ1) is 13.3. The molecule has 2 aromatic heterocycles. The average molecular weight is 387 g/mol. The zero-order valence-corrected chi connectivity index (χ0v) is 16.8. The van der Waals surface area contributed by atoms with E-state index in [0.717, 1.165) is 5.56 Å². The van der Waals surface area contributed by atoms with Gasteiger partial charge >= 0.3 is 5.97 Å². The van der Waals surface area contributed by atoms with Gasteiger partial charge in [-0.25, -0.2) is 4.79 Å². The van der Waals surface area contributed by atoms with Gasteiger partial charge in [-0.05, 0) is 31.0 Å². The first kappa shape index (κ1) is 21.3. The van der Waals surface area contributed by atoms with Crippen LogP contribution >= 0.6 is 0 Å². The number of ether oxygens (including phenoxy) is 2. The van der Waals surface area contributed by atoms with Crippen LogP contribution in [0.15, 0.2) is 24.5 Å². The van der Waals surface area contributed by atoms with E-state index in [9.17, 15) is 14.4 Å². The number of carbonyl (C=O) groups is 3. The number of ketones is 1. The Morgan fingerprint density at radius 3 is 2.50 bits per heavy atom. The summed E-state index contributed by atoms with van der Waals surface area (Å²) in [5, 5.41) is 0. The Kier molecular flexibility index (Phi) is 7.06. The van der Waals surface area contributed by atoms with Crippen LogP contribution in [-0.2, 0) is 27.9 Å². The van der Waals surface area contributed by atoms with E-state index in [-0.39, 0.29) is 31.4 Å². The highest BCUT2D eigenvalue weighted by atomic mass is 16.5. The van der Waals surface area contributed by atoms with E-state index in [1.807, 2.05) is 6.07 Å². The van der Waals surface area contributed by atoms with Gasteiger partial charge in [-0.15, -0.1) is 0 Å². The molecule has 2 rings (SSSR count). The number of pyridine rings is 1. The maximum absolute atomic E-state index is 13.1. The van der Waals surface area contributed by atoms with Gasteiger partial charge in [0.15, 0.2) is 5.78 Å². The second-order valence-corrected chi connectivity index (χ2v) is 6.45. The lowest BCUT2D eigenvalue weighted by Crippen LogP contribution is -2.37. The maximum atomic E-state index is 13.1. The Hall–Kier alpha value is -3.00. The van der Waals surface area contributed by atoms with E-state index in [0.29, 0.717) is 22.5 Å². The highest BCUT2D eigenvalue weighted by Crippen LogP contribution is 2.23. The largest absolute Gasteiger partial charge is 0.464 e. The number of amides is 1. The number of esters is 1. The Bertz CT molecular complexity index is 874. The molecular formula is C20H25N3O5. The van der Waals surface area contributed by atoms with Gasteiger partial charge in [0.25, 0.3) is 0 Å². The summed E-state index contributed by atoms with van der Waals surface area (Å²) in [6.07, 6.45) is 3.28. The second kappa shape index (κ2) is 9.27. The smallest absolute Gasteiger partial charge is 0.354 e. The van der Waals surface area contributed by atoms with Crippen molar-refractivity contribution in [3.8, 4) is 0 Å². The molecule has 0 aliphatic carbocycles. The van der Waals surface area contributed by atoms with Crippen molar-refractivity contribution in [2.75, 3.05) is 27.4 Å². The lowest BCUT2D eigenvalue weighted by atomic mass is 10.0. The highest BCUT2D eigenvalue weighted by Gasteiger charge is 2.27. The molecule has 0 saturated heterocycles. The number of nitrogens with zero attached hydrogens (tertiary/aromatic N) is 3. The molecule has 28 heavy (non-hydrogen) atoms. The minimum absolute atomic E-state index is 0.131. The molecule has 0 fully saturated rings. The van der Waals surface area contributed by atoms with E-state index in [4.69, 9.17) is 9.47 Å². The van der Waals surface area contributed by atoms with Crippen LogP contribution in [0.2, 0.25) is 0 Å². The molecule has 8 heteroatoms. The van der Waals surface area contributed by atoms with Gasteiger partial charge in [0.1, 0.15) is 12.3 Å². The number of aromatic nitrogens is 2. The SMILES string of the molecule is COCC(=O)N(CC(=O)c1c(C)c(C(=O)OC)n(C)c1C)Cc1cccnc1. The fourth-order valence-corrected chi connectivity index (χ4v) is 3.19. The molecular weight excluding hydrogens is 362 g/mol. The molecule has 0 unspecified atom stereocenters. The topological polar surface area (TPSA) is 90.7 Å². The van der Waals surface area contributed by atoms with E-state index < -0.39 is 5.97 Å². The molecule has 2 aromatic rings. The van der Waals surface area contributed by atoms with Crippen LogP contribution in [0.25, 0.3) is 0 Å². The van der Waals surface area contributed by atoms with Crippen LogP contribution < -0.4 is 0 Å². The summed E-state index contributed by atoms with van der Waals surface area (Å²) in [7, 11) is 4.43. The molecule has 2 heterocycles. The van der Waals surface area contributed by atoms with Gasteiger partial charge in [0.05, 0.1) is 13.7 Å². The summed E-state index contributed by atoms with van der Waals surface area (Å²) in [6.45, 7) is 3.43. The first-order valence-electron chi connectivity index (χ1n) is 8.74.